The molecule has 0 fully saturated rings. The first-order valence-electron chi connectivity index (χ1n) is 13.1. The largest absolute Gasteiger partial charge is 0.481 e. The third kappa shape index (κ3) is 6.35. The number of hydrogen-bond acceptors (Lipinski definition) is 2. The van der Waals surface area contributed by atoms with E-state index in [9.17, 15) is 36.2 Å². The Kier molecular flexibility index (Phi) is 9.13. The molecule has 0 aliphatic heterocycles. The zero-order valence-electron chi connectivity index (χ0n) is 23.1. The molecule has 0 aliphatic carbocycles. The smallest absolute Gasteiger partial charge is 0.430 e. The maximum atomic E-state index is 13.1. The van der Waals surface area contributed by atoms with Crippen LogP contribution >= 0.6 is 0 Å². The first-order valence-corrected chi connectivity index (χ1v) is 13.1. The van der Waals surface area contributed by atoms with E-state index in [0.717, 1.165) is 27.8 Å². The van der Waals surface area contributed by atoms with E-state index in [1.807, 2.05) is 45.0 Å². The molecule has 41 heavy (non-hydrogen) atoms. The lowest BCUT2D eigenvalue weighted by molar-refractivity contribution is -0.347. The van der Waals surface area contributed by atoms with Crippen LogP contribution in [0.1, 0.15) is 60.1 Å². The molecule has 220 valence electrons. The van der Waals surface area contributed by atoms with Crippen LogP contribution in [0, 0.1) is 13.8 Å². The molecule has 2 N–H and O–H groups in total. The number of benzene rings is 3. The molecule has 3 aromatic rings. The van der Waals surface area contributed by atoms with Crippen LogP contribution in [-0.4, -0.2) is 34.1 Å². The lowest BCUT2D eigenvalue weighted by Crippen LogP contribution is -2.55. The van der Waals surface area contributed by atoms with Crippen LogP contribution in [0.3, 0.4) is 0 Å². The standard InChI is InChI=1S/C32H32F6O3/c1-5-29(6-2,26-13-14-27(21(4)18-26)24-9-7-22(8-10-24)19-28(39)40)25-12-11-23(20(3)17-25)15-16-30(41,31(33,34)35)32(36,37)38/h7-18,41H,5-6,19H2,1-4H3,(H,39,40). The molecule has 0 aliphatic rings. The lowest BCUT2D eigenvalue weighted by Gasteiger charge is -2.34. The minimum Gasteiger partial charge on any atom is -0.481 e. The number of carbonyl (C=O) groups is 1. The third-order valence-corrected chi connectivity index (χ3v) is 7.80. The molecule has 3 nitrogen and oxygen atoms in total. The van der Waals surface area contributed by atoms with Gasteiger partial charge in [0.05, 0.1) is 6.42 Å². The summed E-state index contributed by atoms with van der Waals surface area (Å²) in [5.41, 5.74) is 0.642. The highest BCUT2D eigenvalue weighted by Gasteiger charge is 2.68. The van der Waals surface area contributed by atoms with E-state index < -0.39 is 29.3 Å². The number of aliphatic carboxylic acids is 1. The number of aliphatic hydroxyl groups is 1. The molecule has 3 aromatic carbocycles. The van der Waals surface area contributed by atoms with Crippen molar-refractivity contribution in [3.63, 3.8) is 0 Å². The predicted molar refractivity (Wildman–Crippen MR) is 147 cm³/mol. The van der Waals surface area contributed by atoms with Crippen LogP contribution < -0.4 is 0 Å². The van der Waals surface area contributed by atoms with Gasteiger partial charge in [0, 0.05) is 5.41 Å². The predicted octanol–water partition coefficient (Wildman–Crippen LogP) is 8.57. The number of rotatable bonds is 9. The highest BCUT2D eigenvalue weighted by atomic mass is 19.4. The Hall–Kier alpha value is -3.59. The van der Waals surface area contributed by atoms with E-state index in [1.165, 1.54) is 6.07 Å². The van der Waals surface area contributed by atoms with E-state index >= 15 is 0 Å². The summed E-state index contributed by atoms with van der Waals surface area (Å²) >= 11 is 0. The zero-order chi connectivity index (χ0) is 30.8. The fraction of sp³-hybridized carbons (Fsp3) is 0.344. The summed E-state index contributed by atoms with van der Waals surface area (Å²) in [5.74, 6) is -0.905. The fourth-order valence-electron chi connectivity index (χ4n) is 5.22. The summed E-state index contributed by atoms with van der Waals surface area (Å²) in [6.45, 7) is 7.61. The highest BCUT2D eigenvalue weighted by molar-refractivity contribution is 5.72. The first kappa shape index (κ1) is 31.9. The first-order chi connectivity index (χ1) is 19.0. The Labute approximate surface area is 235 Å². The Bertz CT molecular complexity index is 1400. The molecular weight excluding hydrogens is 546 g/mol. The van der Waals surface area contributed by atoms with Gasteiger partial charge in [-0.3, -0.25) is 4.79 Å². The van der Waals surface area contributed by atoms with E-state index in [-0.39, 0.29) is 18.1 Å². The van der Waals surface area contributed by atoms with Gasteiger partial charge in [0.1, 0.15) is 0 Å². The monoisotopic (exact) mass is 578 g/mol. The molecule has 0 bridgehead atoms. The van der Waals surface area contributed by atoms with Crippen molar-refractivity contribution in [2.75, 3.05) is 0 Å². The van der Waals surface area contributed by atoms with Crippen LogP contribution in [0.4, 0.5) is 26.3 Å². The van der Waals surface area contributed by atoms with Gasteiger partial charge in [-0.05, 0) is 77.3 Å². The number of carboxylic acid groups (broad SMARTS) is 1. The van der Waals surface area contributed by atoms with Gasteiger partial charge in [-0.25, -0.2) is 0 Å². The van der Waals surface area contributed by atoms with Gasteiger partial charge in [-0.2, -0.15) is 26.3 Å². The second-order valence-electron chi connectivity index (χ2n) is 10.3. The van der Waals surface area contributed by atoms with Crippen LogP contribution in [0.25, 0.3) is 17.2 Å². The Morgan fingerprint density at radius 2 is 1.29 bits per heavy atom. The summed E-state index contributed by atoms with van der Waals surface area (Å²) in [6.07, 6.45) is -10.2. The molecule has 3 rings (SSSR count). The quantitative estimate of drug-likeness (QED) is 0.250. The number of carboxylic acids is 1. The number of halogens is 6. The van der Waals surface area contributed by atoms with Crippen molar-refractivity contribution in [3.05, 3.63) is 100 Å². The van der Waals surface area contributed by atoms with Crippen molar-refractivity contribution in [2.24, 2.45) is 0 Å². The van der Waals surface area contributed by atoms with Gasteiger partial charge in [-0.1, -0.05) is 80.6 Å². The molecule has 0 radical (unpaired) electrons. The molecule has 0 unspecified atom stereocenters. The van der Waals surface area contributed by atoms with Gasteiger partial charge < -0.3 is 10.2 Å². The van der Waals surface area contributed by atoms with Gasteiger partial charge in [-0.15, -0.1) is 0 Å². The minimum absolute atomic E-state index is 0.0623. The average molecular weight is 579 g/mol. The van der Waals surface area contributed by atoms with Crippen LogP contribution in [0.5, 0.6) is 0 Å². The van der Waals surface area contributed by atoms with Crippen molar-refractivity contribution in [1.29, 1.82) is 0 Å². The SMILES string of the molecule is CCC(CC)(c1ccc(C=CC(O)(C(F)(F)F)C(F)(F)F)c(C)c1)c1ccc(-c2ccc(CC(=O)O)cc2)c(C)c1. The highest BCUT2D eigenvalue weighted by Crippen LogP contribution is 2.45. The summed E-state index contributed by atoms with van der Waals surface area (Å²) in [5, 5.41) is 18.5. The summed E-state index contributed by atoms with van der Waals surface area (Å²) in [4.78, 5) is 11.0. The summed E-state index contributed by atoms with van der Waals surface area (Å²) in [7, 11) is 0. The molecule has 0 spiro atoms. The summed E-state index contributed by atoms with van der Waals surface area (Å²) < 4.78 is 78.6. The molecule has 9 heteroatoms. The van der Waals surface area contributed by atoms with Gasteiger partial charge >= 0.3 is 18.3 Å². The topological polar surface area (TPSA) is 57.5 Å². The maximum Gasteiger partial charge on any atom is 0.430 e. The van der Waals surface area contributed by atoms with Gasteiger partial charge in [0.15, 0.2) is 0 Å². The Morgan fingerprint density at radius 1 is 0.780 bits per heavy atom. The van der Waals surface area contributed by atoms with Crippen molar-refractivity contribution < 1.29 is 41.4 Å². The van der Waals surface area contributed by atoms with E-state index in [2.05, 4.69) is 6.07 Å². The average Bonchev–Trinajstić information content (AvgIpc) is 2.88. The van der Waals surface area contributed by atoms with Crippen molar-refractivity contribution >= 4 is 12.0 Å². The minimum atomic E-state index is -5.93. The van der Waals surface area contributed by atoms with E-state index in [0.29, 0.717) is 30.0 Å². The van der Waals surface area contributed by atoms with Crippen molar-refractivity contribution in [2.45, 2.75) is 70.3 Å². The summed E-state index contributed by atoms with van der Waals surface area (Å²) in [6, 6.07) is 18.3. The number of hydrogen-bond donors (Lipinski definition) is 2. The second-order valence-corrected chi connectivity index (χ2v) is 10.3. The van der Waals surface area contributed by atoms with E-state index in [1.54, 1.807) is 31.2 Å². The molecule has 0 saturated heterocycles. The molecule has 0 saturated carbocycles. The van der Waals surface area contributed by atoms with Crippen LogP contribution in [0.15, 0.2) is 66.7 Å². The second kappa shape index (κ2) is 11.7. The van der Waals surface area contributed by atoms with E-state index in [4.69, 9.17) is 5.11 Å². The number of aryl methyl sites for hydroxylation is 2. The van der Waals surface area contributed by atoms with Gasteiger partial charge in [0.25, 0.3) is 5.60 Å². The van der Waals surface area contributed by atoms with Crippen molar-refractivity contribution in [3.8, 4) is 11.1 Å². The Morgan fingerprint density at radius 3 is 1.73 bits per heavy atom. The van der Waals surface area contributed by atoms with Crippen LogP contribution in [0.2, 0.25) is 0 Å². The lowest BCUT2D eigenvalue weighted by atomic mass is 9.69. The maximum absolute atomic E-state index is 13.1. The molecular formula is C32H32F6O3. The number of alkyl halides is 6. The molecule has 0 aromatic heterocycles. The normalized spacial score (nSPS) is 13.1. The molecule has 0 heterocycles. The molecule has 0 atom stereocenters. The van der Waals surface area contributed by atoms with Crippen molar-refractivity contribution in [1.82, 2.24) is 0 Å². The molecule has 0 amide bonds. The third-order valence-electron chi connectivity index (χ3n) is 7.80. The fourth-order valence-corrected chi connectivity index (χ4v) is 5.22. The Balaban J connectivity index is 1.99. The zero-order valence-corrected chi connectivity index (χ0v) is 23.1. The van der Waals surface area contributed by atoms with Crippen LogP contribution in [-0.2, 0) is 16.6 Å². The van der Waals surface area contributed by atoms with Gasteiger partial charge in [0.2, 0.25) is 0 Å².